The molecule has 2 unspecified atom stereocenters. The number of alkyl halides is 4. The first-order valence-electron chi connectivity index (χ1n) is 10.6. The molecule has 0 spiro atoms. The quantitative estimate of drug-likeness (QED) is 0.521. The molecule has 2 aromatic rings. The number of benzene rings is 1. The van der Waals surface area contributed by atoms with Crippen molar-refractivity contribution in [3.63, 3.8) is 0 Å². The number of aliphatic carboxylic acids is 1. The summed E-state index contributed by atoms with van der Waals surface area (Å²) >= 11 is 0.970. The Morgan fingerprint density at radius 1 is 1.23 bits per heavy atom. The number of hydrogen-bond acceptors (Lipinski definition) is 6. The summed E-state index contributed by atoms with van der Waals surface area (Å²) in [6.45, 7) is -1.28. The smallest absolute Gasteiger partial charge is 0.416 e. The molecule has 1 aromatic heterocycles. The number of aromatic nitrogens is 1. The van der Waals surface area contributed by atoms with E-state index in [4.69, 9.17) is 5.11 Å². The van der Waals surface area contributed by atoms with Crippen molar-refractivity contribution in [2.45, 2.75) is 43.9 Å². The fourth-order valence-corrected chi connectivity index (χ4v) is 4.50. The number of nitrogens with zero attached hydrogens (tertiary/aromatic N) is 2. The van der Waals surface area contributed by atoms with Gasteiger partial charge in [-0.1, -0.05) is 12.1 Å². The SMILES string of the molecule is O=C(O)CC(NC(=O)C1CCCCN1C(=O)c1csc(-c2cccc(C(F)(F)F)c2)n1)C(=O)CF. The van der Waals surface area contributed by atoms with E-state index in [1.54, 1.807) is 0 Å². The molecule has 1 fully saturated rings. The highest BCUT2D eigenvalue weighted by molar-refractivity contribution is 7.13. The summed E-state index contributed by atoms with van der Waals surface area (Å²) in [5.41, 5.74) is -0.744. The van der Waals surface area contributed by atoms with Crippen molar-refractivity contribution in [2.75, 3.05) is 13.2 Å². The molecule has 0 bridgehead atoms. The van der Waals surface area contributed by atoms with Gasteiger partial charge in [0.2, 0.25) is 5.91 Å². The maximum absolute atomic E-state index is 13.1. The van der Waals surface area contributed by atoms with Crippen LogP contribution < -0.4 is 5.32 Å². The highest BCUT2D eigenvalue weighted by atomic mass is 32.1. The molecule has 1 saturated heterocycles. The summed E-state index contributed by atoms with van der Waals surface area (Å²) in [6.07, 6.45) is -3.97. The Labute approximate surface area is 200 Å². The number of rotatable bonds is 8. The molecule has 8 nitrogen and oxygen atoms in total. The third-order valence-corrected chi connectivity index (χ3v) is 6.33. The lowest BCUT2D eigenvalue weighted by atomic mass is 10.00. The van der Waals surface area contributed by atoms with E-state index in [-0.39, 0.29) is 29.2 Å². The maximum Gasteiger partial charge on any atom is 0.416 e. The minimum Gasteiger partial charge on any atom is -0.481 e. The molecule has 0 radical (unpaired) electrons. The van der Waals surface area contributed by atoms with Gasteiger partial charge in [-0.15, -0.1) is 11.3 Å². The number of carbonyl (C=O) groups is 4. The molecular weight excluding hydrogens is 494 g/mol. The number of amides is 2. The van der Waals surface area contributed by atoms with Gasteiger partial charge in [0.05, 0.1) is 12.0 Å². The number of Topliss-reactive ketones (excluding diaryl/α,β-unsaturated/α-hetero) is 1. The van der Waals surface area contributed by atoms with Gasteiger partial charge in [0.15, 0.2) is 5.78 Å². The monoisotopic (exact) mass is 515 g/mol. The molecule has 1 aliphatic heterocycles. The van der Waals surface area contributed by atoms with Crippen LogP contribution in [0, 0.1) is 0 Å². The van der Waals surface area contributed by atoms with E-state index in [1.165, 1.54) is 22.4 Å². The van der Waals surface area contributed by atoms with Crippen molar-refractivity contribution in [3.05, 3.63) is 40.9 Å². The number of halogens is 4. The summed E-state index contributed by atoms with van der Waals surface area (Å²) in [5, 5.41) is 12.7. The van der Waals surface area contributed by atoms with Gasteiger partial charge < -0.3 is 15.3 Å². The predicted octanol–water partition coefficient (Wildman–Crippen LogP) is 3.32. The number of carboxylic acids is 1. The number of ketones is 1. The minimum atomic E-state index is -4.54. The number of likely N-dealkylation sites (tertiary alicyclic amines) is 1. The fraction of sp³-hybridized carbons (Fsp3) is 0.409. The zero-order chi connectivity index (χ0) is 25.8. The Morgan fingerprint density at radius 3 is 2.63 bits per heavy atom. The Bertz CT molecular complexity index is 1120. The van der Waals surface area contributed by atoms with E-state index in [0.29, 0.717) is 12.8 Å². The molecular formula is C22H21F4N3O5S. The first kappa shape index (κ1) is 26.3. The molecule has 2 heterocycles. The van der Waals surface area contributed by atoms with Crippen molar-refractivity contribution < 1.29 is 41.8 Å². The molecule has 188 valence electrons. The number of nitrogens with one attached hydrogen (secondary N) is 1. The van der Waals surface area contributed by atoms with Crippen LogP contribution >= 0.6 is 11.3 Å². The average molecular weight is 515 g/mol. The van der Waals surface area contributed by atoms with Crippen LogP contribution in [0.4, 0.5) is 17.6 Å². The lowest BCUT2D eigenvalue weighted by Gasteiger charge is -2.35. The van der Waals surface area contributed by atoms with Gasteiger partial charge in [-0.3, -0.25) is 19.2 Å². The molecule has 1 aliphatic rings. The van der Waals surface area contributed by atoms with Gasteiger partial charge in [-0.25, -0.2) is 9.37 Å². The highest BCUT2D eigenvalue weighted by Crippen LogP contribution is 2.33. The van der Waals surface area contributed by atoms with Gasteiger partial charge in [0.25, 0.3) is 5.91 Å². The average Bonchev–Trinajstić information content (AvgIpc) is 3.32. The fourth-order valence-electron chi connectivity index (χ4n) is 3.71. The number of piperidine rings is 1. The van der Waals surface area contributed by atoms with E-state index in [9.17, 15) is 36.7 Å². The maximum atomic E-state index is 13.1. The minimum absolute atomic E-state index is 0.0657. The van der Waals surface area contributed by atoms with Crippen LogP contribution in [0.25, 0.3) is 10.6 Å². The highest BCUT2D eigenvalue weighted by Gasteiger charge is 2.36. The molecule has 35 heavy (non-hydrogen) atoms. The van der Waals surface area contributed by atoms with Gasteiger partial charge >= 0.3 is 12.1 Å². The predicted molar refractivity (Wildman–Crippen MR) is 116 cm³/mol. The number of thiazole rings is 1. The first-order chi connectivity index (χ1) is 16.5. The Kier molecular flexibility index (Phi) is 8.20. The van der Waals surface area contributed by atoms with E-state index in [1.807, 2.05) is 0 Å². The van der Waals surface area contributed by atoms with Crippen molar-refractivity contribution >= 4 is 34.9 Å². The van der Waals surface area contributed by atoms with Crippen molar-refractivity contribution in [2.24, 2.45) is 0 Å². The molecule has 2 N–H and O–H groups in total. The van der Waals surface area contributed by atoms with E-state index in [2.05, 4.69) is 10.3 Å². The number of carbonyl (C=O) groups excluding carboxylic acids is 3. The molecule has 1 aromatic carbocycles. The Hall–Kier alpha value is -3.35. The number of carboxylic acid groups (broad SMARTS) is 1. The lowest BCUT2D eigenvalue weighted by molar-refractivity contribution is -0.141. The van der Waals surface area contributed by atoms with Crippen LogP contribution in [0.15, 0.2) is 29.6 Å². The second kappa shape index (κ2) is 10.9. The molecule has 0 aliphatic carbocycles. The molecule has 3 rings (SSSR count). The summed E-state index contributed by atoms with van der Waals surface area (Å²) in [4.78, 5) is 54.0. The lowest BCUT2D eigenvalue weighted by Crippen LogP contribution is -2.55. The molecule has 2 amide bonds. The van der Waals surface area contributed by atoms with Gasteiger partial charge in [-0.05, 0) is 31.4 Å². The van der Waals surface area contributed by atoms with Gasteiger partial charge in [0.1, 0.15) is 29.5 Å². The standard InChI is InChI=1S/C22H21F4N3O5S/c23-10-17(30)14(9-18(31)32)27-19(33)16-6-1-2-7-29(16)21(34)15-11-35-20(28-15)12-4-3-5-13(8-12)22(24,25)26/h3-5,8,11,14,16H,1-2,6-7,9-10H2,(H,27,33)(H,31,32). The topological polar surface area (TPSA) is 117 Å². The summed E-state index contributed by atoms with van der Waals surface area (Å²) < 4.78 is 51.9. The normalized spacial score (nSPS) is 17.0. The summed E-state index contributed by atoms with van der Waals surface area (Å²) in [7, 11) is 0. The third kappa shape index (κ3) is 6.41. The van der Waals surface area contributed by atoms with E-state index in [0.717, 1.165) is 23.5 Å². The Balaban J connectivity index is 1.79. The second-order valence-corrected chi connectivity index (χ2v) is 8.74. The molecule has 2 atom stereocenters. The summed E-state index contributed by atoms with van der Waals surface area (Å²) in [6, 6.07) is 1.90. The van der Waals surface area contributed by atoms with E-state index >= 15 is 0 Å². The van der Waals surface area contributed by atoms with Gasteiger partial charge in [0, 0.05) is 17.5 Å². The second-order valence-electron chi connectivity index (χ2n) is 7.89. The van der Waals surface area contributed by atoms with Crippen LogP contribution in [0.3, 0.4) is 0 Å². The summed E-state index contributed by atoms with van der Waals surface area (Å²) in [5.74, 6) is -3.93. The van der Waals surface area contributed by atoms with Gasteiger partial charge in [-0.2, -0.15) is 13.2 Å². The largest absolute Gasteiger partial charge is 0.481 e. The zero-order valence-electron chi connectivity index (χ0n) is 18.2. The van der Waals surface area contributed by atoms with Crippen molar-refractivity contribution in [1.29, 1.82) is 0 Å². The van der Waals surface area contributed by atoms with Crippen molar-refractivity contribution in [3.8, 4) is 10.6 Å². The van der Waals surface area contributed by atoms with Crippen LogP contribution in [0.1, 0.15) is 41.7 Å². The third-order valence-electron chi connectivity index (χ3n) is 5.44. The van der Waals surface area contributed by atoms with Crippen LogP contribution in [-0.2, 0) is 20.6 Å². The van der Waals surface area contributed by atoms with Crippen molar-refractivity contribution in [1.82, 2.24) is 15.2 Å². The first-order valence-corrected chi connectivity index (χ1v) is 11.4. The molecule has 13 heteroatoms. The Morgan fingerprint density at radius 2 is 1.97 bits per heavy atom. The van der Waals surface area contributed by atoms with Crippen LogP contribution in [-0.4, -0.2) is 63.9 Å². The van der Waals surface area contributed by atoms with E-state index < -0.39 is 60.5 Å². The zero-order valence-corrected chi connectivity index (χ0v) is 19.0. The molecule has 0 saturated carbocycles. The van der Waals surface area contributed by atoms with Crippen LogP contribution in [0.2, 0.25) is 0 Å². The van der Waals surface area contributed by atoms with Crippen LogP contribution in [0.5, 0.6) is 0 Å². The number of hydrogen-bond donors (Lipinski definition) is 2.